The summed E-state index contributed by atoms with van der Waals surface area (Å²) in [5, 5.41) is 8.84. The van der Waals surface area contributed by atoms with Crippen molar-refractivity contribution < 1.29 is 14.7 Å². The Morgan fingerprint density at radius 2 is 1.83 bits per heavy atom. The normalized spacial score (nSPS) is 25.0. The quantitative estimate of drug-likeness (QED) is 0.839. The van der Waals surface area contributed by atoms with Gasteiger partial charge in [0.25, 0.3) is 0 Å². The van der Waals surface area contributed by atoms with Gasteiger partial charge in [0.05, 0.1) is 6.42 Å². The number of carboxylic acid groups (broad SMARTS) is 1. The minimum Gasteiger partial charge on any atom is -0.481 e. The molecule has 1 heterocycles. The highest BCUT2D eigenvalue weighted by atomic mass is 16.4. The van der Waals surface area contributed by atoms with Gasteiger partial charge < -0.3 is 10.0 Å². The van der Waals surface area contributed by atoms with E-state index in [1.807, 2.05) is 18.7 Å². The fraction of sp³-hybridized carbons (Fsp3) is 0.857. The number of carbonyl (C=O) groups is 2. The molecule has 104 valence electrons. The largest absolute Gasteiger partial charge is 0.481 e. The van der Waals surface area contributed by atoms with Gasteiger partial charge >= 0.3 is 5.97 Å². The molecule has 1 saturated heterocycles. The van der Waals surface area contributed by atoms with E-state index in [0.29, 0.717) is 12.3 Å². The fourth-order valence-electron chi connectivity index (χ4n) is 2.62. The number of carboxylic acids is 1. The predicted octanol–water partition coefficient (Wildman–Crippen LogP) is 2.52. The van der Waals surface area contributed by atoms with Crippen LogP contribution in [0.1, 0.15) is 53.4 Å². The van der Waals surface area contributed by atoms with Gasteiger partial charge in [0.1, 0.15) is 0 Å². The third kappa shape index (κ3) is 4.31. The molecule has 0 aromatic carbocycles. The van der Waals surface area contributed by atoms with Gasteiger partial charge in [-0.2, -0.15) is 0 Å². The Morgan fingerprint density at radius 1 is 1.22 bits per heavy atom. The topological polar surface area (TPSA) is 57.6 Å². The van der Waals surface area contributed by atoms with Crippen LogP contribution in [0.15, 0.2) is 0 Å². The van der Waals surface area contributed by atoms with Crippen molar-refractivity contribution in [1.82, 2.24) is 4.90 Å². The SMILES string of the molecule is C[C@H]1CC[C@H](C)N(C(=O)CC(C)(C)CC(=O)O)C1. The van der Waals surface area contributed by atoms with Crippen molar-refractivity contribution in [2.24, 2.45) is 11.3 Å². The molecular formula is C14H25NO3. The van der Waals surface area contributed by atoms with E-state index < -0.39 is 11.4 Å². The van der Waals surface area contributed by atoms with Crippen LogP contribution in [0.5, 0.6) is 0 Å². The van der Waals surface area contributed by atoms with E-state index in [2.05, 4.69) is 13.8 Å². The molecule has 0 unspecified atom stereocenters. The molecule has 0 bridgehead atoms. The van der Waals surface area contributed by atoms with Crippen molar-refractivity contribution in [3.8, 4) is 0 Å². The highest BCUT2D eigenvalue weighted by Crippen LogP contribution is 2.29. The Balaban J connectivity index is 2.61. The number of carbonyl (C=O) groups excluding carboxylic acids is 1. The summed E-state index contributed by atoms with van der Waals surface area (Å²) < 4.78 is 0. The number of piperidine rings is 1. The molecule has 1 rings (SSSR count). The molecule has 0 aromatic heterocycles. The average Bonchev–Trinajstić information content (AvgIpc) is 2.18. The van der Waals surface area contributed by atoms with Crippen LogP contribution in [0, 0.1) is 11.3 Å². The Bertz CT molecular complexity index is 325. The van der Waals surface area contributed by atoms with Crippen molar-refractivity contribution in [2.75, 3.05) is 6.54 Å². The molecule has 1 aliphatic rings. The van der Waals surface area contributed by atoms with Crippen LogP contribution < -0.4 is 0 Å². The molecule has 1 N–H and O–H groups in total. The third-order valence-corrected chi connectivity index (χ3v) is 3.70. The molecule has 0 radical (unpaired) electrons. The zero-order chi connectivity index (χ0) is 13.9. The van der Waals surface area contributed by atoms with Crippen LogP contribution in [0.3, 0.4) is 0 Å². The number of amides is 1. The van der Waals surface area contributed by atoms with Gasteiger partial charge in [0, 0.05) is 19.0 Å². The van der Waals surface area contributed by atoms with Crippen LogP contribution in [-0.2, 0) is 9.59 Å². The summed E-state index contributed by atoms with van der Waals surface area (Å²) in [7, 11) is 0. The molecule has 1 aliphatic heterocycles. The van der Waals surface area contributed by atoms with E-state index in [-0.39, 0.29) is 18.4 Å². The lowest BCUT2D eigenvalue weighted by molar-refractivity contribution is -0.142. The number of likely N-dealkylation sites (tertiary alicyclic amines) is 1. The molecular weight excluding hydrogens is 230 g/mol. The maximum atomic E-state index is 12.3. The van der Waals surface area contributed by atoms with Gasteiger partial charge in [-0.25, -0.2) is 0 Å². The summed E-state index contributed by atoms with van der Waals surface area (Å²) in [6.07, 6.45) is 2.57. The number of rotatable bonds is 4. The van der Waals surface area contributed by atoms with E-state index >= 15 is 0 Å². The first-order valence-corrected chi connectivity index (χ1v) is 6.72. The Kier molecular flexibility index (Phi) is 4.77. The molecule has 0 aromatic rings. The second-order valence-electron chi connectivity index (χ2n) is 6.49. The Hall–Kier alpha value is -1.06. The highest BCUT2D eigenvalue weighted by molar-refractivity contribution is 5.78. The summed E-state index contributed by atoms with van der Waals surface area (Å²) in [5.74, 6) is -0.194. The molecule has 2 atom stereocenters. The molecule has 0 aliphatic carbocycles. The van der Waals surface area contributed by atoms with Gasteiger partial charge in [0.15, 0.2) is 0 Å². The van der Waals surface area contributed by atoms with Gasteiger partial charge in [0.2, 0.25) is 5.91 Å². The molecule has 1 fully saturated rings. The van der Waals surface area contributed by atoms with Gasteiger partial charge in [-0.15, -0.1) is 0 Å². The maximum absolute atomic E-state index is 12.3. The van der Waals surface area contributed by atoms with Crippen molar-refractivity contribution in [3.05, 3.63) is 0 Å². The van der Waals surface area contributed by atoms with Crippen molar-refractivity contribution >= 4 is 11.9 Å². The Labute approximate surface area is 109 Å². The summed E-state index contributed by atoms with van der Waals surface area (Å²) in [4.78, 5) is 25.0. The van der Waals surface area contributed by atoms with Crippen molar-refractivity contribution in [1.29, 1.82) is 0 Å². The van der Waals surface area contributed by atoms with Crippen LogP contribution in [-0.4, -0.2) is 34.5 Å². The number of aliphatic carboxylic acids is 1. The van der Waals surface area contributed by atoms with Crippen LogP contribution in [0.4, 0.5) is 0 Å². The lowest BCUT2D eigenvalue weighted by atomic mass is 9.84. The molecule has 1 amide bonds. The van der Waals surface area contributed by atoms with E-state index in [9.17, 15) is 9.59 Å². The predicted molar refractivity (Wildman–Crippen MR) is 70.2 cm³/mol. The van der Waals surface area contributed by atoms with Gasteiger partial charge in [-0.1, -0.05) is 20.8 Å². The Morgan fingerprint density at radius 3 is 2.39 bits per heavy atom. The van der Waals surface area contributed by atoms with Crippen molar-refractivity contribution in [2.45, 2.75) is 59.4 Å². The fourth-order valence-corrected chi connectivity index (χ4v) is 2.62. The molecule has 0 spiro atoms. The van der Waals surface area contributed by atoms with Crippen molar-refractivity contribution in [3.63, 3.8) is 0 Å². The summed E-state index contributed by atoms with van der Waals surface area (Å²) >= 11 is 0. The molecule has 18 heavy (non-hydrogen) atoms. The minimum absolute atomic E-state index is 0.0382. The average molecular weight is 255 g/mol. The standard InChI is InChI=1S/C14H25NO3/c1-10-5-6-11(2)15(9-10)12(16)7-14(3,4)8-13(17)18/h10-11H,5-9H2,1-4H3,(H,17,18)/t10-,11-/m0/s1. The maximum Gasteiger partial charge on any atom is 0.303 e. The molecule has 4 nitrogen and oxygen atoms in total. The molecule has 4 heteroatoms. The molecule has 0 saturated carbocycles. The summed E-state index contributed by atoms with van der Waals surface area (Å²) in [6, 6.07) is 0.286. The third-order valence-electron chi connectivity index (χ3n) is 3.70. The smallest absolute Gasteiger partial charge is 0.303 e. The first kappa shape index (κ1) is 15.0. The van der Waals surface area contributed by atoms with E-state index in [1.54, 1.807) is 0 Å². The lowest BCUT2D eigenvalue weighted by Crippen LogP contribution is -2.46. The first-order valence-electron chi connectivity index (χ1n) is 6.72. The number of nitrogens with zero attached hydrogens (tertiary/aromatic N) is 1. The zero-order valence-corrected chi connectivity index (χ0v) is 11.9. The second kappa shape index (κ2) is 5.72. The van der Waals surface area contributed by atoms with Gasteiger partial charge in [-0.3, -0.25) is 9.59 Å². The zero-order valence-electron chi connectivity index (χ0n) is 11.9. The second-order valence-corrected chi connectivity index (χ2v) is 6.49. The monoisotopic (exact) mass is 255 g/mol. The van der Waals surface area contributed by atoms with E-state index in [4.69, 9.17) is 5.11 Å². The first-order chi connectivity index (χ1) is 8.21. The van der Waals surface area contributed by atoms with Gasteiger partial charge in [-0.05, 0) is 31.1 Å². The summed E-state index contributed by atoms with van der Waals surface area (Å²) in [5.41, 5.74) is -0.469. The van der Waals surface area contributed by atoms with Crippen LogP contribution in [0.2, 0.25) is 0 Å². The number of hydrogen-bond acceptors (Lipinski definition) is 2. The van der Waals surface area contributed by atoms with E-state index in [0.717, 1.165) is 13.0 Å². The minimum atomic E-state index is -0.840. The highest BCUT2D eigenvalue weighted by Gasteiger charge is 2.32. The van der Waals surface area contributed by atoms with Crippen LogP contribution in [0.25, 0.3) is 0 Å². The number of hydrogen-bond donors (Lipinski definition) is 1. The summed E-state index contributed by atoms with van der Waals surface area (Å²) in [6.45, 7) is 8.74. The van der Waals surface area contributed by atoms with E-state index in [1.165, 1.54) is 6.42 Å². The van der Waals surface area contributed by atoms with Crippen LogP contribution >= 0.6 is 0 Å². The lowest BCUT2D eigenvalue weighted by Gasteiger charge is -2.38.